The summed E-state index contributed by atoms with van der Waals surface area (Å²) in [5.41, 5.74) is 7.87. The predicted octanol–water partition coefficient (Wildman–Crippen LogP) is 5.50. The normalized spacial score (nSPS) is 20.1. The molecule has 1 aromatic heterocycles. The summed E-state index contributed by atoms with van der Waals surface area (Å²) in [5.74, 6) is 0.150. The molecule has 5 nitrogen and oxygen atoms in total. The van der Waals surface area contributed by atoms with E-state index in [1.54, 1.807) is 24.3 Å². The van der Waals surface area contributed by atoms with E-state index in [1.807, 2.05) is 41.1 Å². The Morgan fingerprint density at radius 1 is 1.19 bits per heavy atom. The van der Waals surface area contributed by atoms with Crippen LogP contribution in [-0.4, -0.2) is 33.8 Å². The average Bonchev–Trinajstić information content (AvgIpc) is 3.37. The number of aromatic nitrogens is 2. The number of nitrogens with two attached hydrogens (primary N) is 1. The molecule has 0 spiro atoms. The van der Waals surface area contributed by atoms with Gasteiger partial charge in [0.25, 0.3) is 0 Å². The van der Waals surface area contributed by atoms with E-state index in [2.05, 4.69) is 23.2 Å². The number of nitrogen functional groups attached to an aromatic ring is 1. The summed E-state index contributed by atoms with van der Waals surface area (Å²) in [6, 6.07) is 15.9. The molecule has 1 saturated heterocycles. The highest BCUT2D eigenvalue weighted by Gasteiger charge is 2.41. The van der Waals surface area contributed by atoms with Gasteiger partial charge in [-0.25, -0.2) is 4.98 Å². The second-order valence-corrected chi connectivity index (χ2v) is 8.74. The number of benzene rings is 2. The SMILES string of the molecule is Cl.Cl.Nc1cccc(SC[C@H]2CO[C@@](CCc3ccc(Cl)cc3)(Cn3ccnc3)O2)c1. The molecule has 2 N–H and O–H groups in total. The Balaban J connectivity index is 0.00000171. The first kappa shape index (κ1) is 25.8. The van der Waals surface area contributed by atoms with E-state index in [9.17, 15) is 0 Å². The molecule has 2 heterocycles. The third-order valence-corrected chi connectivity index (χ3v) is 6.28. The van der Waals surface area contributed by atoms with Gasteiger partial charge in [0, 0.05) is 40.2 Å². The number of halogens is 3. The van der Waals surface area contributed by atoms with Crippen LogP contribution in [0.2, 0.25) is 5.02 Å². The molecular weight excluding hydrogens is 477 g/mol. The van der Waals surface area contributed by atoms with Crippen molar-refractivity contribution in [3.8, 4) is 0 Å². The zero-order valence-corrected chi connectivity index (χ0v) is 20.1. The third kappa shape index (κ3) is 7.31. The minimum Gasteiger partial charge on any atom is -0.399 e. The highest BCUT2D eigenvalue weighted by atomic mass is 35.5. The van der Waals surface area contributed by atoms with E-state index in [1.165, 1.54) is 5.56 Å². The summed E-state index contributed by atoms with van der Waals surface area (Å²) < 4.78 is 14.7. The lowest BCUT2D eigenvalue weighted by Gasteiger charge is -2.28. The van der Waals surface area contributed by atoms with E-state index in [0.717, 1.165) is 34.2 Å². The standard InChI is InChI=1S/C22H24ClN3O2S.2ClH/c23-18-6-4-17(5-7-18)8-9-22(15-26-11-10-25-16-26)27-13-20(28-22)14-29-21-3-1-2-19(24)12-21;;/h1-7,10-12,16,20H,8-9,13-15,24H2;2*1H/t20-,22-;;/m1../s1. The molecule has 31 heavy (non-hydrogen) atoms. The summed E-state index contributed by atoms with van der Waals surface area (Å²) in [4.78, 5) is 5.29. The monoisotopic (exact) mass is 501 g/mol. The number of thioether (sulfide) groups is 1. The van der Waals surface area contributed by atoms with Crippen LogP contribution in [-0.2, 0) is 22.4 Å². The Kier molecular flexibility index (Phi) is 10.0. The fourth-order valence-corrected chi connectivity index (χ4v) is 4.49. The van der Waals surface area contributed by atoms with E-state index < -0.39 is 5.79 Å². The molecule has 168 valence electrons. The molecular formula is C22H26Cl3N3O2S. The van der Waals surface area contributed by atoms with Crippen molar-refractivity contribution in [1.29, 1.82) is 0 Å². The Morgan fingerprint density at radius 2 is 2.00 bits per heavy atom. The van der Waals surface area contributed by atoms with Crippen molar-refractivity contribution >= 4 is 53.9 Å². The van der Waals surface area contributed by atoms with Crippen molar-refractivity contribution in [2.45, 2.75) is 36.2 Å². The minimum absolute atomic E-state index is 0. The Labute approximate surface area is 204 Å². The maximum atomic E-state index is 6.47. The number of anilines is 1. The van der Waals surface area contributed by atoms with E-state index in [0.29, 0.717) is 13.2 Å². The molecule has 4 rings (SSSR count). The van der Waals surface area contributed by atoms with Crippen LogP contribution >= 0.6 is 48.2 Å². The number of ether oxygens (including phenoxy) is 2. The highest BCUT2D eigenvalue weighted by molar-refractivity contribution is 7.99. The van der Waals surface area contributed by atoms with Crippen molar-refractivity contribution in [3.63, 3.8) is 0 Å². The summed E-state index contributed by atoms with van der Waals surface area (Å²) >= 11 is 7.74. The molecule has 0 bridgehead atoms. The fraction of sp³-hybridized carbons (Fsp3) is 0.318. The van der Waals surface area contributed by atoms with Gasteiger partial charge < -0.3 is 19.8 Å². The molecule has 1 aliphatic rings. The van der Waals surface area contributed by atoms with Crippen LogP contribution in [0.4, 0.5) is 5.69 Å². The molecule has 1 fully saturated rings. The Morgan fingerprint density at radius 3 is 2.71 bits per heavy atom. The van der Waals surface area contributed by atoms with Crippen LogP contribution in [0.5, 0.6) is 0 Å². The molecule has 0 amide bonds. The number of hydrogen-bond acceptors (Lipinski definition) is 5. The maximum absolute atomic E-state index is 6.47. The van der Waals surface area contributed by atoms with Crippen LogP contribution in [0.3, 0.4) is 0 Å². The van der Waals surface area contributed by atoms with Crippen molar-refractivity contribution in [2.24, 2.45) is 0 Å². The lowest BCUT2D eigenvalue weighted by molar-refractivity contribution is -0.180. The third-order valence-electron chi connectivity index (χ3n) is 4.90. The largest absolute Gasteiger partial charge is 0.399 e. The van der Waals surface area contributed by atoms with Gasteiger partial charge in [-0.05, 0) is 42.3 Å². The van der Waals surface area contributed by atoms with Crippen LogP contribution in [0, 0.1) is 0 Å². The van der Waals surface area contributed by atoms with Gasteiger partial charge in [-0.1, -0.05) is 29.8 Å². The van der Waals surface area contributed by atoms with Crippen LogP contribution in [0.25, 0.3) is 0 Å². The number of hydrogen-bond donors (Lipinski definition) is 1. The van der Waals surface area contributed by atoms with Gasteiger partial charge in [-0.15, -0.1) is 36.6 Å². The number of rotatable bonds is 8. The first-order valence-electron chi connectivity index (χ1n) is 9.61. The van der Waals surface area contributed by atoms with Gasteiger partial charge in [0.2, 0.25) is 0 Å². The zero-order valence-electron chi connectivity index (χ0n) is 16.9. The number of nitrogens with zero attached hydrogens (tertiary/aromatic N) is 2. The van der Waals surface area contributed by atoms with Gasteiger partial charge in [0.1, 0.15) is 0 Å². The maximum Gasteiger partial charge on any atom is 0.187 e. The summed E-state index contributed by atoms with van der Waals surface area (Å²) in [5, 5.41) is 0.744. The first-order valence-corrected chi connectivity index (χ1v) is 11.0. The average molecular weight is 503 g/mol. The van der Waals surface area contributed by atoms with Gasteiger partial charge in [0.15, 0.2) is 5.79 Å². The lowest BCUT2D eigenvalue weighted by atomic mass is 10.0. The van der Waals surface area contributed by atoms with Gasteiger partial charge in [-0.2, -0.15) is 0 Å². The topological polar surface area (TPSA) is 62.3 Å². The molecule has 2 atom stereocenters. The highest BCUT2D eigenvalue weighted by Crippen LogP contribution is 2.33. The quantitative estimate of drug-likeness (QED) is 0.325. The molecule has 2 aromatic carbocycles. The van der Waals surface area contributed by atoms with E-state index in [-0.39, 0.29) is 30.9 Å². The predicted molar refractivity (Wildman–Crippen MR) is 132 cm³/mol. The first-order chi connectivity index (χ1) is 14.1. The smallest absolute Gasteiger partial charge is 0.187 e. The van der Waals surface area contributed by atoms with Crippen molar-refractivity contribution in [2.75, 3.05) is 18.1 Å². The van der Waals surface area contributed by atoms with Crippen molar-refractivity contribution in [3.05, 3.63) is 77.8 Å². The number of imidazole rings is 1. The lowest BCUT2D eigenvalue weighted by Crippen LogP contribution is -2.37. The molecule has 0 unspecified atom stereocenters. The van der Waals surface area contributed by atoms with Gasteiger partial charge >= 0.3 is 0 Å². The molecule has 9 heteroatoms. The van der Waals surface area contributed by atoms with E-state index >= 15 is 0 Å². The Bertz CT molecular complexity index is 928. The van der Waals surface area contributed by atoms with Crippen LogP contribution in [0.15, 0.2) is 72.1 Å². The van der Waals surface area contributed by atoms with Crippen molar-refractivity contribution < 1.29 is 9.47 Å². The second-order valence-electron chi connectivity index (χ2n) is 7.21. The van der Waals surface area contributed by atoms with Gasteiger partial charge in [-0.3, -0.25) is 0 Å². The Hall–Kier alpha value is -1.41. The second kappa shape index (κ2) is 12.0. The molecule has 3 aromatic rings. The fourth-order valence-electron chi connectivity index (χ4n) is 3.43. The van der Waals surface area contributed by atoms with E-state index in [4.69, 9.17) is 26.8 Å². The number of aryl methyl sites for hydroxylation is 1. The minimum atomic E-state index is -0.665. The van der Waals surface area contributed by atoms with Crippen LogP contribution < -0.4 is 5.73 Å². The molecule has 1 aliphatic heterocycles. The molecule has 0 radical (unpaired) electrons. The summed E-state index contributed by atoms with van der Waals surface area (Å²) in [6.07, 6.45) is 7.13. The zero-order chi connectivity index (χ0) is 20.1. The van der Waals surface area contributed by atoms with Gasteiger partial charge in [0.05, 0.1) is 25.6 Å². The molecule has 0 saturated carbocycles. The van der Waals surface area contributed by atoms with Crippen molar-refractivity contribution in [1.82, 2.24) is 9.55 Å². The summed E-state index contributed by atoms with van der Waals surface area (Å²) in [6.45, 7) is 1.19. The summed E-state index contributed by atoms with van der Waals surface area (Å²) in [7, 11) is 0. The molecule has 0 aliphatic carbocycles. The van der Waals surface area contributed by atoms with Crippen LogP contribution in [0.1, 0.15) is 12.0 Å².